The highest BCUT2D eigenvalue weighted by atomic mass is 19.1. The van der Waals surface area contributed by atoms with Crippen LogP contribution in [0.15, 0.2) is 22.6 Å². The van der Waals surface area contributed by atoms with Crippen molar-refractivity contribution in [2.75, 3.05) is 32.1 Å². The maximum Gasteiger partial charge on any atom is 0.295 e. The summed E-state index contributed by atoms with van der Waals surface area (Å²) < 4.78 is 24.5. The van der Waals surface area contributed by atoms with Crippen LogP contribution in [0.1, 0.15) is 12.8 Å². The summed E-state index contributed by atoms with van der Waals surface area (Å²) in [6, 6.07) is 4.79. The zero-order valence-electron chi connectivity index (χ0n) is 13.0. The van der Waals surface area contributed by atoms with Crippen LogP contribution >= 0.6 is 0 Å². The molecule has 2 aromatic rings. The van der Waals surface area contributed by atoms with Gasteiger partial charge in [-0.1, -0.05) is 6.07 Å². The van der Waals surface area contributed by atoms with Crippen molar-refractivity contribution in [3.8, 4) is 0 Å². The van der Waals surface area contributed by atoms with Crippen LogP contribution in [-0.4, -0.2) is 37.7 Å². The molecule has 3 rings (SSSR count). The van der Waals surface area contributed by atoms with Crippen LogP contribution in [-0.2, 0) is 9.53 Å². The minimum atomic E-state index is -0.424. The van der Waals surface area contributed by atoms with Gasteiger partial charge in [-0.3, -0.25) is 4.79 Å². The van der Waals surface area contributed by atoms with E-state index in [4.69, 9.17) is 9.15 Å². The maximum atomic E-state index is 13.6. The number of oxazole rings is 1. The molecule has 23 heavy (non-hydrogen) atoms. The molecule has 2 heterocycles. The number of rotatable bonds is 5. The average Bonchev–Trinajstić information content (AvgIpc) is 3.00. The number of carbonyl (C=O) groups excluding carboxylic acids is 1. The number of aromatic nitrogens is 1. The standard InChI is InChI=1S/C16H20FN3O3/c1-18-15(21)11(10-5-7-22-8-6-10)9-19-16-20-14-12(17)3-2-4-13(14)23-16/h2-4,10-11H,5-9H2,1H3,(H,18,21)(H,19,20). The molecule has 124 valence electrons. The average molecular weight is 321 g/mol. The number of carbonyl (C=O) groups is 1. The van der Waals surface area contributed by atoms with E-state index in [1.807, 2.05) is 0 Å². The van der Waals surface area contributed by atoms with E-state index in [9.17, 15) is 9.18 Å². The van der Waals surface area contributed by atoms with Crippen LogP contribution in [0.3, 0.4) is 0 Å². The van der Waals surface area contributed by atoms with Crippen molar-refractivity contribution in [1.29, 1.82) is 0 Å². The van der Waals surface area contributed by atoms with E-state index in [1.165, 1.54) is 6.07 Å². The number of amides is 1. The molecule has 1 aliphatic heterocycles. The molecule has 0 spiro atoms. The molecule has 1 atom stereocenters. The Labute approximate surface area is 133 Å². The van der Waals surface area contributed by atoms with Crippen LogP contribution in [0.5, 0.6) is 0 Å². The summed E-state index contributed by atoms with van der Waals surface area (Å²) >= 11 is 0. The van der Waals surface area contributed by atoms with Gasteiger partial charge in [0.1, 0.15) is 5.52 Å². The van der Waals surface area contributed by atoms with Crippen molar-refractivity contribution in [3.63, 3.8) is 0 Å². The topological polar surface area (TPSA) is 76.4 Å². The van der Waals surface area contributed by atoms with Crippen LogP contribution < -0.4 is 10.6 Å². The highest BCUT2D eigenvalue weighted by molar-refractivity contribution is 5.79. The number of anilines is 1. The number of hydrogen-bond donors (Lipinski definition) is 2. The molecule has 0 saturated carbocycles. The van der Waals surface area contributed by atoms with Gasteiger partial charge in [0.05, 0.1) is 5.92 Å². The van der Waals surface area contributed by atoms with Gasteiger partial charge in [0.15, 0.2) is 11.4 Å². The fourth-order valence-electron chi connectivity index (χ4n) is 2.96. The van der Waals surface area contributed by atoms with E-state index in [0.717, 1.165) is 12.8 Å². The quantitative estimate of drug-likeness (QED) is 0.882. The monoisotopic (exact) mass is 321 g/mol. The van der Waals surface area contributed by atoms with Crippen LogP contribution in [0, 0.1) is 17.7 Å². The molecule has 0 aliphatic carbocycles. The first kappa shape index (κ1) is 15.7. The van der Waals surface area contributed by atoms with Gasteiger partial charge in [0, 0.05) is 26.8 Å². The third-order valence-electron chi connectivity index (χ3n) is 4.26. The van der Waals surface area contributed by atoms with Crippen LogP contribution in [0.25, 0.3) is 11.1 Å². The van der Waals surface area contributed by atoms with Crippen LogP contribution in [0.4, 0.5) is 10.4 Å². The minimum absolute atomic E-state index is 0.0216. The zero-order valence-corrected chi connectivity index (χ0v) is 13.0. The Morgan fingerprint density at radius 3 is 2.91 bits per heavy atom. The van der Waals surface area contributed by atoms with E-state index in [1.54, 1.807) is 19.2 Å². The number of nitrogens with zero attached hydrogens (tertiary/aromatic N) is 1. The van der Waals surface area contributed by atoms with Crippen molar-refractivity contribution < 1.29 is 18.3 Å². The molecule has 1 fully saturated rings. The largest absolute Gasteiger partial charge is 0.423 e. The molecule has 1 aromatic heterocycles. The molecule has 0 radical (unpaired) electrons. The molecule has 1 amide bonds. The van der Waals surface area contributed by atoms with Crippen molar-refractivity contribution >= 4 is 23.0 Å². The van der Waals surface area contributed by atoms with Gasteiger partial charge in [0.25, 0.3) is 6.01 Å². The summed E-state index contributed by atoms with van der Waals surface area (Å²) in [5, 5.41) is 5.73. The summed E-state index contributed by atoms with van der Waals surface area (Å²) in [4.78, 5) is 16.3. The van der Waals surface area contributed by atoms with E-state index < -0.39 is 5.82 Å². The first-order chi connectivity index (χ1) is 11.2. The molecule has 0 bridgehead atoms. The van der Waals surface area contributed by atoms with Crippen molar-refractivity contribution in [2.24, 2.45) is 11.8 Å². The van der Waals surface area contributed by atoms with Gasteiger partial charge in [-0.05, 0) is 30.9 Å². The second-order valence-corrected chi connectivity index (χ2v) is 5.66. The number of benzene rings is 1. The Morgan fingerprint density at radius 1 is 1.43 bits per heavy atom. The predicted octanol–water partition coefficient (Wildman–Crippen LogP) is 2.17. The third kappa shape index (κ3) is 3.44. The van der Waals surface area contributed by atoms with Crippen molar-refractivity contribution in [1.82, 2.24) is 10.3 Å². The molecule has 6 nitrogen and oxygen atoms in total. The number of nitrogens with one attached hydrogen (secondary N) is 2. The van der Waals surface area contributed by atoms with Gasteiger partial charge >= 0.3 is 0 Å². The summed E-state index contributed by atoms with van der Waals surface area (Å²) in [6.07, 6.45) is 1.70. The lowest BCUT2D eigenvalue weighted by atomic mass is 9.85. The van der Waals surface area contributed by atoms with E-state index in [-0.39, 0.29) is 29.3 Å². The molecule has 7 heteroatoms. The molecular weight excluding hydrogens is 301 g/mol. The third-order valence-corrected chi connectivity index (χ3v) is 4.26. The fraction of sp³-hybridized carbons (Fsp3) is 0.500. The zero-order chi connectivity index (χ0) is 16.2. The Bertz CT molecular complexity index is 682. The fourth-order valence-corrected chi connectivity index (χ4v) is 2.96. The summed E-state index contributed by atoms with van der Waals surface area (Å²) in [5.74, 6) is -0.403. The van der Waals surface area contributed by atoms with Gasteiger partial charge in [-0.2, -0.15) is 4.98 Å². The number of ether oxygens (including phenoxy) is 1. The Hall–Kier alpha value is -2.15. The normalized spacial score (nSPS) is 17.1. The number of para-hydroxylation sites is 1. The maximum absolute atomic E-state index is 13.6. The van der Waals surface area contributed by atoms with E-state index >= 15 is 0 Å². The Kier molecular flexibility index (Phi) is 4.76. The first-order valence-electron chi connectivity index (χ1n) is 7.77. The molecule has 1 unspecified atom stereocenters. The number of fused-ring (bicyclic) bond motifs is 1. The second-order valence-electron chi connectivity index (χ2n) is 5.66. The Morgan fingerprint density at radius 2 is 2.22 bits per heavy atom. The highest BCUT2D eigenvalue weighted by Crippen LogP contribution is 2.26. The first-order valence-corrected chi connectivity index (χ1v) is 7.77. The lowest BCUT2D eigenvalue weighted by Gasteiger charge is -2.29. The number of hydrogen-bond acceptors (Lipinski definition) is 5. The van der Waals surface area contributed by atoms with Gasteiger partial charge < -0.3 is 19.8 Å². The smallest absolute Gasteiger partial charge is 0.295 e. The van der Waals surface area contributed by atoms with Gasteiger partial charge in [-0.25, -0.2) is 4.39 Å². The summed E-state index contributed by atoms with van der Waals surface area (Å²) in [5.41, 5.74) is 0.576. The molecule has 1 aliphatic rings. The predicted molar refractivity (Wildman–Crippen MR) is 83.6 cm³/mol. The van der Waals surface area contributed by atoms with Gasteiger partial charge in [0.2, 0.25) is 5.91 Å². The van der Waals surface area contributed by atoms with E-state index in [2.05, 4.69) is 15.6 Å². The molecular formula is C16H20FN3O3. The summed E-state index contributed by atoms with van der Waals surface area (Å²) in [6.45, 7) is 1.73. The lowest BCUT2D eigenvalue weighted by Crippen LogP contribution is -2.39. The minimum Gasteiger partial charge on any atom is -0.423 e. The molecule has 2 N–H and O–H groups in total. The SMILES string of the molecule is CNC(=O)C(CNc1nc2c(F)cccc2o1)C1CCOCC1. The second kappa shape index (κ2) is 6.95. The Balaban J connectivity index is 1.71. The summed E-state index contributed by atoms with van der Waals surface area (Å²) in [7, 11) is 1.63. The van der Waals surface area contributed by atoms with Gasteiger partial charge in [-0.15, -0.1) is 0 Å². The lowest BCUT2D eigenvalue weighted by molar-refractivity contribution is -0.126. The van der Waals surface area contributed by atoms with Crippen LogP contribution in [0.2, 0.25) is 0 Å². The van der Waals surface area contributed by atoms with Crippen molar-refractivity contribution in [2.45, 2.75) is 12.8 Å². The molecule has 1 saturated heterocycles. The van der Waals surface area contributed by atoms with Crippen molar-refractivity contribution in [3.05, 3.63) is 24.0 Å². The van der Waals surface area contributed by atoms with E-state index in [0.29, 0.717) is 25.3 Å². The highest BCUT2D eigenvalue weighted by Gasteiger charge is 2.29. The number of halogens is 1. The molecule has 1 aromatic carbocycles.